The second-order valence-electron chi connectivity index (χ2n) is 9.01. The van der Waals surface area contributed by atoms with Crippen molar-refractivity contribution in [3.8, 4) is 0 Å². The second-order valence-corrected chi connectivity index (χ2v) is 9.01. The third kappa shape index (κ3) is 7.72. The van der Waals surface area contributed by atoms with Crippen LogP contribution in [-0.4, -0.2) is 73.0 Å². The van der Waals surface area contributed by atoms with Crippen molar-refractivity contribution in [3.63, 3.8) is 0 Å². The fourth-order valence-corrected chi connectivity index (χ4v) is 3.12. The van der Waals surface area contributed by atoms with E-state index in [1.165, 1.54) is 0 Å². The fraction of sp³-hybridized carbons (Fsp3) is 0.850. The number of carbonyl (C=O) groups excluding carboxylic acids is 2. The van der Waals surface area contributed by atoms with E-state index < -0.39 is 17.4 Å². The molecule has 1 heterocycles. The van der Waals surface area contributed by atoms with Crippen molar-refractivity contribution in [2.45, 2.75) is 78.9 Å². The third-order valence-electron chi connectivity index (χ3n) is 4.46. The molecule has 0 bridgehead atoms. The lowest BCUT2D eigenvalue weighted by molar-refractivity contribution is -0.123. The Labute approximate surface area is 175 Å². The largest absolute Gasteiger partial charge is 0.444 e. The molecule has 1 rings (SSSR count). The topological polar surface area (TPSA) is 104 Å². The van der Waals surface area contributed by atoms with Crippen molar-refractivity contribution in [1.82, 2.24) is 20.9 Å². The minimum absolute atomic E-state index is 0.0157. The van der Waals surface area contributed by atoms with Gasteiger partial charge in [0.15, 0.2) is 5.96 Å². The number of ether oxygens (including phenoxy) is 2. The Bertz CT molecular complexity index is 598. The van der Waals surface area contributed by atoms with Gasteiger partial charge in [-0.2, -0.15) is 0 Å². The maximum absolute atomic E-state index is 12.8. The molecule has 29 heavy (non-hydrogen) atoms. The molecule has 1 saturated heterocycles. The summed E-state index contributed by atoms with van der Waals surface area (Å²) >= 11 is 0. The van der Waals surface area contributed by atoms with Gasteiger partial charge >= 0.3 is 6.09 Å². The van der Waals surface area contributed by atoms with E-state index in [-0.39, 0.29) is 24.0 Å². The van der Waals surface area contributed by atoms with E-state index in [0.29, 0.717) is 25.6 Å². The first-order valence-corrected chi connectivity index (χ1v) is 10.2. The van der Waals surface area contributed by atoms with Crippen molar-refractivity contribution in [3.05, 3.63) is 0 Å². The van der Waals surface area contributed by atoms with Gasteiger partial charge in [-0.25, -0.2) is 4.79 Å². The van der Waals surface area contributed by atoms with E-state index >= 15 is 0 Å². The van der Waals surface area contributed by atoms with Crippen LogP contribution in [0.15, 0.2) is 4.99 Å². The number of rotatable bonds is 6. The summed E-state index contributed by atoms with van der Waals surface area (Å²) in [5.41, 5.74) is -1.36. The Kier molecular flexibility index (Phi) is 8.74. The molecule has 2 atom stereocenters. The number of aliphatic imine (C=N–C) groups is 1. The molecular formula is C20H39N5O4. The normalized spacial score (nSPS) is 21.9. The third-order valence-corrected chi connectivity index (χ3v) is 4.46. The van der Waals surface area contributed by atoms with Crippen LogP contribution in [0.5, 0.6) is 0 Å². The summed E-state index contributed by atoms with van der Waals surface area (Å²) in [6.07, 6.45) is -0.577. The predicted octanol–water partition coefficient (Wildman–Crippen LogP) is 1.68. The van der Waals surface area contributed by atoms with Gasteiger partial charge in [0.1, 0.15) is 11.3 Å². The van der Waals surface area contributed by atoms with Crippen molar-refractivity contribution < 1.29 is 19.1 Å². The van der Waals surface area contributed by atoms with Gasteiger partial charge in [0.05, 0.1) is 12.1 Å². The summed E-state index contributed by atoms with van der Waals surface area (Å²) in [5.74, 6) is 0.560. The lowest BCUT2D eigenvalue weighted by atomic mass is 10.1. The van der Waals surface area contributed by atoms with Crippen molar-refractivity contribution in [2.75, 3.05) is 26.7 Å². The summed E-state index contributed by atoms with van der Waals surface area (Å²) < 4.78 is 11.6. The molecule has 0 aromatic rings. The summed E-state index contributed by atoms with van der Waals surface area (Å²) in [6, 6.07) is -0.223. The van der Waals surface area contributed by atoms with Gasteiger partial charge < -0.3 is 25.4 Å². The Balaban J connectivity index is 2.66. The number of amides is 2. The molecule has 3 N–H and O–H groups in total. The van der Waals surface area contributed by atoms with Gasteiger partial charge in [-0.05, 0) is 41.5 Å². The Hall–Kier alpha value is -2.03. The highest BCUT2D eigenvalue weighted by Gasteiger charge is 2.49. The van der Waals surface area contributed by atoms with E-state index in [1.807, 2.05) is 55.4 Å². The van der Waals surface area contributed by atoms with Crippen LogP contribution in [0.1, 0.15) is 55.4 Å². The van der Waals surface area contributed by atoms with Gasteiger partial charge in [0, 0.05) is 32.6 Å². The lowest BCUT2D eigenvalue weighted by Crippen LogP contribution is -2.54. The summed E-state index contributed by atoms with van der Waals surface area (Å²) in [5, 5.41) is 9.24. The van der Waals surface area contributed by atoms with Crippen molar-refractivity contribution in [1.29, 1.82) is 0 Å². The number of hydrogen-bond acceptors (Lipinski definition) is 5. The quantitative estimate of drug-likeness (QED) is 0.348. The fourth-order valence-electron chi connectivity index (χ4n) is 3.12. The molecule has 0 saturated carbocycles. The van der Waals surface area contributed by atoms with Gasteiger partial charge in [-0.15, -0.1) is 0 Å². The van der Waals surface area contributed by atoms with Crippen LogP contribution in [0.25, 0.3) is 0 Å². The minimum atomic E-state index is -0.772. The first-order valence-electron chi connectivity index (χ1n) is 10.2. The van der Waals surface area contributed by atoms with Crippen LogP contribution in [0.2, 0.25) is 0 Å². The first-order chi connectivity index (χ1) is 13.3. The highest BCUT2D eigenvalue weighted by Crippen LogP contribution is 2.33. The highest BCUT2D eigenvalue weighted by atomic mass is 16.6. The van der Waals surface area contributed by atoms with Gasteiger partial charge in [-0.1, -0.05) is 13.8 Å². The molecule has 1 aliphatic rings. The van der Waals surface area contributed by atoms with E-state index in [0.717, 1.165) is 0 Å². The van der Waals surface area contributed by atoms with E-state index in [2.05, 4.69) is 20.9 Å². The summed E-state index contributed by atoms with van der Waals surface area (Å²) in [4.78, 5) is 30.2. The molecule has 1 aliphatic heterocycles. The average Bonchev–Trinajstić information content (AvgIpc) is 2.80. The van der Waals surface area contributed by atoms with E-state index in [4.69, 9.17) is 9.47 Å². The van der Waals surface area contributed by atoms with Crippen LogP contribution in [0, 0.1) is 5.92 Å². The first kappa shape index (κ1) is 25.0. The molecule has 0 aliphatic carbocycles. The number of nitrogens with zero attached hydrogens (tertiary/aromatic N) is 2. The molecule has 2 unspecified atom stereocenters. The molecule has 0 radical (unpaired) electrons. The Morgan fingerprint density at radius 1 is 1.17 bits per heavy atom. The molecule has 9 nitrogen and oxygen atoms in total. The maximum atomic E-state index is 12.8. The number of carbonyl (C=O) groups is 2. The van der Waals surface area contributed by atoms with E-state index in [9.17, 15) is 9.59 Å². The molecule has 1 fully saturated rings. The molecule has 0 spiro atoms. The average molecular weight is 414 g/mol. The minimum Gasteiger partial charge on any atom is -0.444 e. The van der Waals surface area contributed by atoms with Crippen molar-refractivity contribution in [2.24, 2.45) is 10.9 Å². The summed E-state index contributed by atoms with van der Waals surface area (Å²) in [7, 11) is 1.67. The van der Waals surface area contributed by atoms with Crippen molar-refractivity contribution >= 4 is 18.0 Å². The number of nitrogens with one attached hydrogen (secondary N) is 3. The summed E-state index contributed by atoms with van der Waals surface area (Å²) in [6.45, 7) is 16.4. The van der Waals surface area contributed by atoms with Crippen LogP contribution < -0.4 is 16.0 Å². The number of hydrogen-bond donors (Lipinski definition) is 3. The van der Waals surface area contributed by atoms with Crippen LogP contribution in [0.3, 0.4) is 0 Å². The predicted molar refractivity (Wildman–Crippen MR) is 114 cm³/mol. The Morgan fingerprint density at radius 3 is 2.28 bits per heavy atom. The van der Waals surface area contributed by atoms with Crippen LogP contribution >= 0.6 is 0 Å². The SMILES string of the molecule is CN=C(NCCNC(=O)C(C)C)NCC1C(C)OC(C)(C)N1C(=O)OC(C)(C)C. The van der Waals surface area contributed by atoms with Crippen LogP contribution in [-0.2, 0) is 14.3 Å². The number of guanidine groups is 1. The zero-order valence-corrected chi connectivity index (χ0v) is 19.4. The zero-order valence-electron chi connectivity index (χ0n) is 19.4. The second kappa shape index (κ2) is 10.1. The molecule has 9 heteroatoms. The zero-order chi connectivity index (χ0) is 22.4. The molecule has 0 aromatic heterocycles. The lowest BCUT2D eigenvalue weighted by Gasteiger charge is -2.35. The standard InChI is InChI=1S/C20H39N5O4/c1-13(2)16(26)22-10-11-23-17(21-9)24-12-15-14(3)28-20(7,8)25(15)18(27)29-19(4,5)6/h13-15H,10-12H2,1-9H3,(H,22,26)(H2,21,23,24). The molecule has 0 aromatic carbocycles. The molecule has 2 amide bonds. The monoisotopic (exact) mass is 413 g/mol. The Morgan fingerprint density at radius 2 is 1.76 bits per heavy atom. The maximum Gasteiger partial charge on any atom is 0.412 e. The highest BCUT2D eigenvalue weighted by molar-refractivity contribution is 5.80. The smallest absolute Gasteiger partial charge is 0.412 e. The van der Waals surface area contributed by atoms with Gasteiger partial charge in [-0.3, -0.25) is 14.7 Å². The van der Waals surface area contributed by atoms with E-state index in [1.54, 1.807) is 11.9 Å². The molecular weight excluding hydrogens is 374 g/mol. The van der Waals surface area contributed by atoms with Gasteiger partial charge in [0.2, 0.25) is 5.91 Å². The van der Waals surface area contributed by atoms with Crippen LogP contribution in [0.4, 0.5) is 4.79 Å². The van der Waals surface area contributed by atoms with Gasteiger partial charge in [0.25, 0.3) is 0 Å². The molecule has 168 valence electrons.